The molecule has 0 radical (unpaired) electrons. The number of benzene rings is 3. The van der Waals surface area contributed by atoms with Gasteiger partial charge in [0.15, 0.2) is 0 Å². The van der Waals surface area contributed by atoms with Gasteiger partial charge < -0.3 is 10.2 Å². The van der Waals surface area contributed by atoms with Gasteiger partial charge in [-0.3, -0.25) is 9.59 Å². The van der Waals surface area contributed by atoms with Crippen molar-refractivity contribution < 1.29 is 14.0 Å². The molecule has 152 valence electrons. The van der Waals surface area contributed by atoms with Crippen LogP contribution in [0.1, 0.15) is 34.5 Å². The monoisotopic (exact) mass is 420 g/mol. The Bertz CT molecular complexity index is 1090. The number of anilines is 1. The molecule has 0 bridgehead atoms. The maximum absolute atomic E-state index is 14.2. The predicted octanol–water partition coefficient (Wildman–Crippen LogP) is 4.96. The molecule has 0 aliphatic carbocycles. The van der Waals surface area contributed by atoms with Gasteiger partial charge in [0.05, 0.1) is 24.0 Å². The van der Waals surface area contributed by atoms with E-state index in [1.165, 1.54) is 17.8 Å². The van der Waals surface area contributed by atoms with Gasteiger partial charge in [-0.1, -0.05) is 48.5 Å². The van der Waals surface area contributed by atoms with Crippen LogP contribution in [0.5, 0.6) is 0 Å². The molecular weight excluding hydrogens is 399 g/mol. The number of fused-ring (bicyclic) bond motifs is 1. The van der Waals surface area contributed by atoms with E-state index in [-0.39, 0.29) is 36.0 Å². The van der Waals surface area contributed by atoms with Crippen molar-refractivity contribution in [3.8, 4) is 0 Å². The average Bonchev–Trinajstić information content (AvgIpc) is 2.77. The fraction of sp³-hybridized carbons (Fsp3) is 0.167. The first-order valence-corrected chi connectivity index (χ1v) is 10.7. The summed E-state index contributed by atoms with van der Waals surface area (Å²) in [6.07, 6.45) is 0. The molecule has 3 aromatic carbocycles. The van der Waals surface area contributed by atoms with E-state index in [0.29, 0.717) is 16.8 Å². The van der Waals surface area contributed by atoms with Gasteiger partial charge >= 0.3 is 0 Å². The number of amides is 2. The number of carbonyl (C=O) groups excluding carboxylic acids is 2. The third-order valence-corrected chi connectivity index (χ3v) is 6.15. The summed E-state index contributed by atoms with van der Waals surface area (Å²) < 4.78 is 14.2. The number of nitrogens with zero attached hydrogens (tertiary/aromatic N) is 1. The Morgan fingerprint density at radius 2 is 1.83 bits per heavy atom. The summed E-state index contributed by atoms with van der Waals surface area (Å²) in [5.41, 5.74) is 2.55. The third kappa shape index (κ3) is 4.24. The Hall–Kier alpha value is -3.12. The Morgan fingerprint density at radius 3 is 2.60 bits per heavy atom. The molecule has 0 unspecified atom stereocenters. The van der Waals surface area contributed by atoms with Crippen LogP contribution in [0.15, 0.2) is 77.7 Å². The van der Waals surface area contributed by atoms with Crippen LogP contribution in [0.3, 0.4) is 0 Å². The average molecular weight is 421 g/mol. The van der Waals surface area contributed by atoms with E-state index in [9.17, 15) is 14.0 Å². The number of carbonyl (C=O) groups is 2. The van der Waals surface area contributed by atoms with Crippen LogP contribution < -0.4 is 10.2 Å². The summed E-state index contributed by atoms with van der Waals surface area (Å²) >= 11 is 1.43. The van der Waals surface area contributed by atoms with Crippen LogP contribution >= 0.6 is 11.8 Å². The van der Waals surface area contributed by atoms with Crippen molar-refractivity contribution in [1.29, 1.82) is 0 Å². The van der Waals surface area contributed by atoms with Gasteiger partial charge in [0.2, 0.25) is 5.91 Å². The minimum absolute atomic E-state index is 0.106. The fourth-order valence-corrected chi connectivity index (χ4v) is 4.33. The molecular formula is C24H21FN2O2S. The normalized spacial score (nSPS) is 14.2. The van der Waals surface area contributed by atoms with E-state index in [0.717, 1.165) is 10.5 Å². The van der Waals surface area contributed by atoms with Crippen LogP contribution in [-0.4, -0.2) is 17.6 Å². The molecule has 1 atom stereocenters. The second kappa shape index (κ2) is 8.71. The van der Waals surface area contributed by atoms with Gasteiger partial charge in [0, 0.05) is 16.0 Å². The van der Waals surface area contributed by atoms with Crippen LogP contribution in [0.2, 0.25) is 0 Å². The Morgan fingerprint density at radius 1 is 1.10 bits per heavy atom. The molecule has 4 rings (SSSR count). The summed E-state index contributed by atoms with van der Waals surface area (Å²) in [7, 11) is 0. The zero-order chi connectivity index (χ0) is 21.1. The highest BCUT2D eigenvalue weighted by Crippen LogP contribution is 2.37. The quantitative estimate of drug-likeness (QED) is 0.635. The first kappa shape index (κ1) is 20.2. The third-order valence-electron chi connectivity index (χ3n) is 5.10. The maximum atomic E-state index is 14.2. The zero-order valence-electron chi connectivity index (χ0n) is 16.5. The number of nitrogens with one attached hydrogen (secondary N) is 1. The van der Waals surface area contributed by atoms with Crippen LogP contribution in [0.4, 0.5) is 10.1 Å². The van der Waals surface area contributed by atoms with Crippen molar-refractivity contribution >= 4 is 29.3 Å². The SMILES string of the molecule is C[C@@H](NC(=O)c1ccc2c(c1)N(Cc1ccccc1F)C(=O)CS2)c1ccccc1. The van der Waals surface area contributed by atoms with Crippen molar-refractivity contribution in [2.24, 2.45) is 0 Å². The van der Waals surface area contributed by atoms with Gasteiger partial charge in [-0.05, 0) is 36.8 Å². The molecule has 0 aromatic heterocycles. The number of halogens is 1. The molecule has 0 spiro atoms. The van der Waals surface area contributed by atoms with E-state index in [1.54, 1.807) is 35.2 Å². The molecule has 0 saturated heterocycles. The lowest BCUT2D eigenvalue weighted by atomic mass is 10.1. The van der Waals surface area contributed by atoms with Crippen molar-refractivity contribution in [2.75, 3.05) is 10.7 Å². The zero-order valence-corrected chi connectivity index (χ0v) is 17.3. The first-order chi connectivity index (χ1) is 14.5. The summed E-state index contributed by atoms with van der Waals surface area (Å²) in [6.45, 7) is 2.06. The molecule has 2 amide bonds. The molecule has 1 aliphatic rings. The van der Waals surface area contributed by atoms with E-state index in [4.69, 9.17) is 0 Å². The molecule has 4 nitrogen and oxygen atoms in total. The van der Waals surface area contributed by atoms with Gasteiger partial charge in [0.25, 0.3) is 5.91 Å². The van der Waals surface area contributed by atoms with E-state index in [2.05, 4.69) is 5.32 Å². The Kier molecular flexibility index (Phi) is 5.86. The van der Waals surface area contributed by atoms with Crippen molar-refractivity contribution in [3.05, 3.63) is 95.3 Å². The van der Waals surface area contributed by atoms with E-state index >= 15 is 0 Å². The van der Waals surface area contributed by atoms with Crippen molar-refractivity contribution in [3.63, 3.8) is 0 Å². The van der Waals surface area contributed by atoms with Crippen LogP contribution in [0.25, 0.3) is 0 Å². The Labute approximate surface area is 179 Å². The molecule has 30 heavy (non-hydrogen) atoms. The lowest BCUT2D eigenvalue weighted by molar-refractivity contribution is -0.116. The first-order valence-electron chi connectivity index (χ1n) is 9.69. The maximum Gasteiger partial charge on any atom is 0.251 e. The lowest BCUT2D eigenvalue weighted by Crippen LogP contribution is -2.35. The molecule has 0 saturated carbocycles. The minimum Gasteiger partial charge on any atom is -0.346 e. The summed E-state index contributed by atoms with van der Waals surface area (Å²) in [5.74, 6) is -0.387. The highest BCUT2D eigenvalue weighted by molar-refractivity contribution is 8.00. The molecule has 0 fully saturated rings. The standard InChI is InChI=1S/C24H21FN2O2S/c1-16(17-7-3-2-4-8-17)26-24(29)18-11-12-22-21(13-18)27(23(28)15-30-22)14-19-9-5-6-10-20(19)25/h2-13,16H,14-15H2,1H3,(H,26,29)/t16-/m1/s1. The summed E-state index contributed by atoms with van der Waals surface area (Å²) in [6, 6.07) is 21.3. The summed E-state index contributed by atoms with van der Waals surface area (Å²) in [4.78, 5) is 27.9. The van der Waals surface area contributed by atoms with Crippen LogP contribution in [0, 0.1) is 5.82 Å². The van der Waals surface area contributed by atoms with Gasteiger partial charge in [0.1, 0.15) is 5.82 Å². The molecule has 6 heteroatoms. The van der Waals surface area contributed by atoms with E-state index < -0.39 is 0 Å². The highest BCUT2D eigenvalue weighted by atomic mass is 32.2. The Balaban J connectivity index is 1.59. The number of thioether (sulfide) groups is 1. The van der Waals surface area contributed by atoms with Gasteiger partial charge in [-0.2, -0.15) is 0 Å². The smallest absolute Gasteiger partial charge is 0.251 e. The molecule has 1 N–H and O–H groups in total. The highest BCUT2D eigenvalue weighted by Gasteiger charge is 2.27. The lowest BCUT2D eigenvalue weighted by Gasteiger charge is -2.29. The van der Waals surface area contributed by atoms with Gasteiger partial charge in [-0.15, -0.1) is 11.8 Å². The van der Waals surface area contributed by atoms with Gasteiger partial charge in [-0.25, -0.2) is 4.39 Å². The predicted molar refractivity (Wildman–Crippen MR) is 117 cm³/mol. The van der Waals surface area contributed by atoms with Crippen molar-refractivity contribution in [2.45, 2.75) is 24.4 Å². The molecule has 1 heterocycles. The fourth-order valence-electron chi connectivity index (χ4n) is 3.42. The second-order valence-electron chi connectivity index (χ2n) is 7.15. The van der Waals surface area contributed by atoms with E-state index in [1.807, 2.05) is 43.3 Å². The number of hydrogen-bond acceptors (Lipinski definition) is 3. The number of rotatable bonds is 5. The number of hydrogen-bond donors (Lipinski definition) is 1. The van der Waals surface area contributed by atoms with Crippen LogP contribution in [-0.2, 0) is 11.3 Å². The molecule has 3 aromatic rings. The largest absolute Gasteiger partial charge is 0.346 e. The van der Waals surface area contributed by atoms with Crippen molar-refractivity contribution in [1.82, 2.24) is 5.32 Å². The summed E-state index contributed by atoms with van der Waals surface area (Å²) in [5, 5.41) is 2.99. The second-order valence-corrected chi connectivity index (χ2v) is 8.17. The topological polar surface area (TPSA) is 49.4 Å². The molecule has 1 aliphatic heterocycles. The minimum atomic E-state index is -0.351.